The van der Waals surface area contributed by atoms with Gasteiger partial charge in [-0.15, -0.1) is 0 Å². The minimum Gasteiger partial charge on any atom is -0.309 e. The molecular formula is C18H15ClFN3O. The Bertz CT molecular complexity index is 953. The van der Waals surface area contributed by atoms with Crippen LogP contribution in [0.4, 0.5) is 10.2 Å². The Hall–Kier alpha value is -2.40. The van der Waals surface area contributed by atoms with E-state index in [4.69, 9.17) is 11.6 Å². The highest BCUT2D eigenvalue weighted by Crippen LogP contribution is 2.34. The average molecular weight is 344 g/mol. The second-order valence-electron chi connectivity index (χ2n) is 6.12. The van der Waals surface area contributed by atoms with Crippen LogP contribution in [0.15, 0.2) is 42.7 Å². The molecule has 1 aliphatic carbocycles. The van der Waals surface area contributed by atoms with Crippen molar-refractivity contribution in [2.45, 2.75) is 19.5 Å². The molecule has 1 aliphatic rings. The van der Waals surface area contributed by atoms with Crippen LogP contribution in [0.5, 0.6) is 0 Å². The molecule has 1 N–H and O–H groups in total. The number of nitrogens with zero attached hydrogens (tertiary/aromatic N) is 2. The van der Waals surface area contributed by atoms with Gasteiger partial charge in [0, 0.05) is 11.2 Å². The standard InChI is InChI=1S/C18H15ClFN3O/c1-10-6-12(19)3-4-13(10)11-2-5-17-21-16(9-23(17)8-11)22-18(24)14-7-15(14)20/h2-6,8-9,14-15H,7H2,1H3,(H,22,24). The van der Waals surface area contributed by atoms with Crippen LogP contribution >= 0.6 is 11.6 Å². The lowest BCUT2D eigenvalue weighted by atomic mass is 10.0. The number of rotatable bonds is 3. The second kappa shape index (κ2) is 5.60. The van der Waals surface area contributed by atoms with Crippen LogP contribution in [0.3, 0.4) is 0 Å². The predicted octanol–water partition coefficient (Wildman–Crippen LogP) is 4.26. The van der Waals surface area contributed by atoms with Crippen molar-refractivity contribution in [1.29, 1.82) is 0 Å². The molecule has 24 heavy (non-hydrogen) atoms. The SMILES string of the molecule is Cc1cc(Cl)ccc1-c1ccc2nc(NC(=O)C3CC3F)cn2c1. The van der Waals surface area contributed by atoms with Gasteiger partial charge in [-0.3, -0.25) is 4.79 Å². The highest BCUT2D eigenvalue weighted by Gasteiger charge is 2.43. The number of imidazole rings is 1. The van der Waals surface area contributed by atoms with E-state index >= 15 is 0 Å². The number of carbonyl (C=O) groups excluding carboxylic acids is 1. The first kappa shape index (κ1) is 15.1. The van der Waals surface area contributed by atoms with Crippen LogP contribution < -0.4 is 5.32 Å². The molecule has 1 aromatic carbocycles. The van der Waals surface area contributed by atoms with Gasteiger partial charge in [0.2, 0.25) is 5.91 Å². The van der Waals surface area contributed by atoms with Crippen molar-refractivity contribution in [3.05, 3.63) is 53.3 Å². The number of amides is 1. The number of aromatic nitrogens is 2. The zero-order valence-corrected chi connectivity index (χ0v) is 13.7. The fourth-order valence-corrected chi connectivity index (χ4v) is 3.04. The van der Waals surface area contributed by atoms with E-state index in [2.05, 4.69) is 10.3 Å². The van der Waals surface area contributed by atoms with Crippen molar-refractivity contribution < 1.29 is 9.18 Å². The molecule has 2 unspecified atom stereocenters. The summed E-state index contributed by atoms with van der Waals surface area (Å²) in [7, 11) is 0. The lowest BCUT2D eigenvalue weighted by Gasteiger charge is -2.07. The van der Waals surface area contributed by atoms with Crippen LogP contribution in [0.25, 0.3) is 16.8 Å². The number of aryl methyl sites for hydroxylation is 1. The summed E-state index contributed by atoms with van der Waals surface area (Å²) in [6.45, 7) is 2.01. The van der Waals surface area contributed by atoms with E-state index in [0.717, 1.165) is 16.7 Å². The van der Waals surface area contributed by atoms with Crippen molar-refractivity contribution in [2.24, 2.45) is 5.92 Å². The third-order valence-corrected chi connectivity index (χ3v) is 4.49. The number of alkyl halides is 1. The minimum absolute atomic E-state index is 0.305. The zero-order valence-electron chi connectivity index (χ0n) is 13.0. The molecule has 0 spiro atoms. The highest BCUT2D eigenvalue weighted by atomic mass is 35.5. The van der Waals surface area contributed by atoms with Gasteiger partial charge < -0.3 is 9.72 Å². The summed E-state index contributed by atoms with van der Waals surface area (Å²) in [6, 6.07) is 9.62. The largest absolute Gasteiger partial charge is 0.309 e. The Labute approximate surface area is 143 Å². The molecule has 6 heteroatoms. The molecule has 122 valence electrons. The number of hydrogen-bond donors (Lipinski definition) is 1. The van der Waals surface area contributed by atoms with Crippen molar-refractivity contribution in [1.82, 2.24) is 9.38 Å². The lowest BCUT2D eigenvalue weighted by Crippen LogP contribution is -2.15. The van der Waals surface area contributed by atoms with Gasteiger partial charge in [-0.25, -0.2) is 9.37 Å². The molecule has 2 aromatic heterocycles. The quantitative estimate of drug-likeness (QED) is 0.772. The van der Waals surface area contributed by atoms with Crippen molar-refractivity contribution >= 4 is 29.0 Å². The number of halogens is 2. The first-order valence-corrected chi connectivity index (χ1v) is 8.09. The number of nitrogens with one attached hydrogen (secondary N) is 1. The Morgan fingerprint density at radius 2 is 2.12 bits per heavy atom. The van der Waals surface area contributed by atoms with E-state index in [9.17, 15) is 9.18 Å². The smallest absolute Gasteiger partial charge is 0.231 e. The van der Waals surface area contributed by atoms with Gasteiger partial charge in [-0.05, 0) is 54.3 Å². The van der Waals surface area contributed by atoms with Gasteiger partial charge in [0.25, 0.3) is 0 Å². The number of pyridine rings is 1. The first-order chi connectivity index (χ1) is 11.5. The molecule has 1 fully saturated rings. The molecule has 4 rings (SSSR count). The predicted molar refractivity (Wildman–Crippen MR) is 92.0 cm³/mol. The van der Waals surface area contributed by atoms with Gasteiger partial charge in [0.15, 0.2) is 5.82 Å². The summed E-state index contributed by atoms with van der Waals surface area (Å²) in [5, 5.41) is 3.38. The van der Waals surface area contributed by atoms with Crippen LogP contribution in [-0.4, -0.2) is 21.5 Å². The lowest BCUT2D eigenvalue weighted by molar-refractivity contribution is -0.117. The molecule has 0 radical (unpaired) electrons. The summed E-state index contributed by atoms with van der Waals surface area (Å²) in [5.74, 6) is -0.397. The van der Waals surface area contributed by atoms with E-state index in [0.29, 0.717) is 22.9 Å². The Kier molecular flexibility index (Phi) is 3.53. The third kappa shape index (κ3) is 2.76. The first-order valence-electron chi connectivity index (χ1n) is 7.71. The molecule has 0 aliphatic heterocycles. The van der Waals surface area contributed by atoms with E-state index < -0.39 is 12.1 Å². The van der Waals surface area contributed by atoms with E-state index in [1.807, 2.05) is 47.9 Å². The van der Waals surface area contributed by atoms with Crippen LogP contribution in [0.1, 0.15) is 12.0 Å². The summed E-state index contributed by atoms with van der Waals surface area (Å²) in [6.07, 6.45) is 2.97. The molecular weight excluding hydrogens is 329 g/mol. The monoisotopic (exact) mass is 343 g/mol. The number of benzene rings is 1. The highest BCUT2D eigenvalue weighted by molar-refractivity contribution is 6.30. The molecule has 1 saturated carbocycles. The van der Waals surface area contributed by atoms with Gasteiger partial charge in [0.1, 0.15) is 11.8 Å². The Morgan fingerprint density at radius 3 is 2.83 bits per heavy atom. The van der Waals surface area contributed by atoms with E-state index in [-0.39, 0.29) is 5.91 Å². The maximum atomic E-state index is 12.9. The molecule has 0 saturated heterocycles. The summed E-state index contributed by atoms with van der Waals surface area (Å²) >= 11 is 6.01. The van der Waals surface area contributed by atoms with Gasteiger partial charge >= 0.3 is 0 Å². The molecule has 2 heterocycles. The number of carbonyl (C=O) groups is 1. The zero-order chi connectivity index (χ0) is 16.8. The second-order valence-corrected chi connectivity index (χ2v) is 6.55. The van der Waals surface area contributed by atoms with E-state index in [1.54, 1.807) is 6.20 Å². The number of anilines is 1. The van der Waals surface area contributed by atoms with Crippen LogP contribution in [-0.2, 0) is 4.79 Å². The van der Waals surface area contributed by atoms with Crippen LogP contribution in [0.2, 0.25) is 5.02 Å². The van der Waals surface area contributed by atoms with Crippen molar-refractivity contribution in [3.63, 3.8) is 0 Å². The van der Waals surface area contributed by atoms with E-state index in [1.165, 1.54) is 0 Å². The Balaban J connectivity index is 1.64. The molecule has 2 atom stereocenters. The van der Waals surface area contributed by atoms with Crippen molar-refractivity contribution in [2.75, 3.05) is 5.32 Å². The number of hydrogen-bond acceptors (Lipinski definition) is 2. The Morgan fingerprint density at radius 1 is 1.33 bits per heavy atom. The van der Waals surface area contributed by atoms with Gasteiger partial charge in [-0.2, -0.15) is 0 Å². The number of fused-ring (bicyclic) bond motifs is 1. The maximum absolute atomic E-state index is 12.9. The summed E-state index contributed by atoms with van der Waals surface area (Å²) in [5.41, 5.74) is 3.91. The van der Waals surface area contributed by atoms with Gasteiger partial charge in [-0.1, -0.05) is 17.7 Å². The fraction of sp³-hybridized carbons (Fsp3) is 0.222. The van der Waals surface area contributed by atoms with Crippen LogP contribution in [0, 0.1) is 12.8 Å². The van der Waals surface area contributed by atoms with Crippen molar-refractivity contribution in [3.8, 4) is 11.1 Å². The maximum Gasteiger partial charge on any atom is 0.231 e. The molecule has 0 bridgehead atoms. The average Bonchev–Trinajstić information content (AvgIpc) is 3.13. The third-order valence-electron chi connectivity index (χ3n) is 4.25. The minimum atomic E-state index is -1.01. The topological polar surface area (TPSA) is 46.4 Å². The molecule has 3 aromatic rings. The summed E-state index contributed by atoms with van der Waals surface area (Å²) < 4.78 is 14.8. The normalized spacial score (nSPS) is 19.5. The fourth-order valence-electron chi connectivity index (χ4n) is 2.82. The summed E-state index contributed by atoms with van der Waals surface area (Å²) in [4.78, 5) is 16.2. The van der Waals surface area contributed by atoms with Gasteiger partial charge in [0.05, 0.1) is 12.1 Å². The molecule has 4 nitrogen and oxygen atoms in total. The molecule has 1 amide bonds.